The van der Waals surface area contributed by atoms with Crippen molar-refractivity contribution in [2.45, 2.75) is 19.1 Å². The quantitative estimate of drug-likeness (QED) is 0.746. The molecule has 2 rings (SSSR count). The summed E-state index contributed by atoms with van der Waals surface area (Å²) in [5.74, 6) is -0.659. The lowest BCUT2D eigenvalue weighted by atomic mass is 10.0. The average molecular weight is 252 g/mol. The Bertz CT molecular complexity index is 445. The third-order valence-corrected chi connectivity index (χ3v) is 3.00. The molecule has 0 aromatic carbocycles. The summed E-state index contributed by atoms with van der Waals surface area (Å²) in [6, 6.07) is 1.75. The van der Waals surface area contributed by atoms with Crippen molar-refractivity contribution in [3.8, 4) is 0 Å². The fourth-order valence-corrected chi connectivity index (χ4v) is 1.86. The van der Waals surface area contributed by atoms with Gasteiger partial charge in [0.25, 0.3) is 5.91 Å². The molecule has 1 aliphatic heterocycles. The van der Waals surface area contributed by atoms with Gasteiger partial charge in [-0.05, 0) is 13.0 Å². The number of carbonyl (C=O) groups is 2. The van der Waals surface area contributed by atoms with Crippen LogP contribution in [0.3, 0.4) is 0 Å². The van der Waals surface area contributed by atoms with E-state index in [0.717, 1.165) is 0 Å². The van der Waals surface area contributed by atoms with Crippen LogP contribution < -0.4 is 5.73 Å². The van der Waals surface area contributed by atoms with Crippen molar-refractivity contribution in [2.24, 2.45) is 5.73 Å². The molecule has 1 saturated heterocycles. The molecule has 2 amide bonds. The summed E-state index contributed by atoms with van der Waals surface area (Å²) in [4.78, 5) is 24.9. The Morgan fingerprint density at radius 2 is 2.33 bits per heavy atom. The van der Waals surface area contributed by atoms with E-state index in [2.05, 4.69) is 5.10 Å². The SMILES string of the molecule is CC1(C(N)=O)CN(C(=O)Cn2cccn2)CCO1. The summed E-state index contributed by atoms with van der Waals surface area (Å²) in [6.07, 6.45) is 3.33. The second-order valence-corrected chi connectivity index (χ2v) is 4.46. The first-order valence-electron chi connectivity index (χ1n) is 5.70. The van der Waals surface area contributed by atoms with E-state index < -0.39 is 11.5 Å². The number of ether oxygens (including phenoxy) is 1. The van der Waals surface area contributed by atoms with Crippen molar-refractivity contribution in [1.29, 1.82) is 0 Å². The van der Waals surface area contributed by atoms with E-state index in [4.69, 9.17) is 10.5 Å². The topological polar surface area (TPSA) is 90.5 Å². The summed E-state index contributed by atoms with van der Waals surface area (Å²) in [7, 11) is 0. The molecule has 7 heteroatoms. The lowest BCUT2D eigenvalue weighted by molar-refractivity contribution is -0.160. The maximum absolute atomic E-state index is 12.0. The zero-order valence-corrected chi connectivity index (χ0v) is 10.2. The van der Waals surface area contributed by atoms with Gasteiger partial charge < -0.3 is 15.4 Å². The molecule has 0 radical (unpaired) electrons. The molecule has 18 heavy (non-hydrogen) atoms. The van der Waals surface area contributed by atoms with Gasteiger partial charge in [-0.15, -0.1) is 0 Å². The molecule has 1 aromatic heterocycles. The van der Waals surface area contributed by atoms with Crippen molar-refractivity contribution in [3.05, 3.63) is 18.5 Å². The van der Waals surface area contributed by atoms with Crippen LogP contribution in [-0.2, 0) is 20.9 Å². The number of amides is 2. The molecule has 0 saturated carbocycles. The van der Waals surface area contributed by atoms with E-state index >= 15 is 0 Å². The summed E-state index contributed by atoms with van der Waals surface area (Å²) in [5, 5.41) is 3.97. The highest BCUT2D eigenvalue weighted by Crippen LogP contribution is 2.17. The molecule has 1 aliphatic rings. The molecule has 0 aliphatic carbocycles. The summed E-state index contributed by atoms with van der Waals surface area (Å²) >= 11 is 0. The standard InChI is InChI=1S/C11H16N4O3/c1-11(10(12)17)8-14(5-6-18-11)9(16)7-15-4-2-3-13-15/h2-4H,5-8H2,1H3,(H2,12,17). The summed E-state index contributed by atoms with van der Waals surface area (Å²) in [6.45, 7) is 2.71. The predicted molar refractivity (Wildman–Crippen MR) is 62.4 cm³/mol. The Labute approximate surface area is 104 Å². The monoisotopic (exact) mass is 252 g/mol. The van der Waals surface area contributed by atoms with Crippen molar-refractivity contribution in [2.75, 3.05) is 19.7 Å². The minimum Gasteiger partial charge on any atom is -0.367 e. The number of primary amides is 1. The highest BCUT2D eigenvalue weighted by molar-refractivity contribution is 5.85. The fourth-order valence-electron chi connectivity index (χ4n) is 1.86. The Kier molecular flexibility index (Phi) is 3.33. The Morgan fingerprint density at radius 3 is 2.94 bits per heavy atom. The van der Waals surface area contributed by atoms with Gasteiger partial charge in [0.15, 0.2) is 5.60 Å². The fraction of sp³-hybridized carbons (Fsp3) is 0.545. The molecule has 98 valence electrons. The number of rotatable bonds is 3. The van der Waals surface area contributed by atoms with Gasteiger partial charge in [0.1, 0.15) is 6.54 Å². The largest absolute Gasteiger partial charge is 0.367 e. The van der Waals surface area contributed by atoms with E-state index in [1.165, 1.54) is 0 Å². The van der Waals surface area contributed by atoms with Crippen LogP contribution in [0.4, 0.5) is 0 Å². The average Bonchev–Trinajstić information content (AvgIpc) is 2.81. The van der Waals surface area contributed by atoms with Gasteiger partial charge in [-0.3, -0.25) is 14.3 Å². The molecule has 7 nitrogen and oxygen atoms in total. The second kappa shape index (κ2) is 4.77. The normalized spacial score (nSPS) is 23.9. The van der Waals surface area contributed by atoms with Crippen molar-refractivity contribution in [1.82, 2.24) is 14.7 Å². The highest BCUT2D eigenvalue weighted by Gasteiger charge is 2.39. The van der Waals surface area contributed by atoms with Crippen LogP contribution in [-0.4, -0.2) is 51.8 Å². The number of nitrogens with zero attached hydrogens (tertiary/aromatic N) is 3. The van der Waals surface area contributed by atoms with E-state index in [0.29, 0.717) is 13.2 Å². The molecule has 1 unspecified atom stereocenters. The van der Waals surface area contributed by atoms with Gasteiger partial charge in [0.05, 0.1) is 13.2 Å². The first-order valence-corrected chi connectivity index (χ1v) is 5.70. The molecular weight excluding hydrogens is 236 g/mol. The van der Waals surface area contributed by atoms with Gasteiger partial charge in [-0.25, -0.2) is 0 Å². The molecule has 1 fully saturated rings. The second-order valence-electron chi connectivity index (χ2n) is 4.46. The Morgan fingerprint density at radius 1 is 1.56 bits per heavy atom. The first-order chi connectivity index (χ1) is 8.51. The first kappa shape index (κ1) is 12.6. The van der Waals surface area contributed by atoms with Gasteiger partial charge >= 0.3 is 0 Å². The van der Waals surface area contributed by atoms with Crippen LogP contribution >= 0.6 is 0 Å². The van der Waals surface area contributed by atoms with E-state index in [-0.39, 0.29) is 19.0 Å². The number of hydrogen-bond acceptors (Lipinski definition) is 4. The number of nitrogens with two attached hydrogens (primary N) is 1. The van der Waals surface area contributed by atoms with Gasteiger partial charge in [0, 0.05) is 18.9 Å². The van der Waals surface area contributed by atoms with Crippen LogP contribution in [0.15, 0.2) is 18.5 Å². The third kappa shape index (κ3) is 2.51. The van der Waals surface area contributed by atoms with Gasteiger partial charge in [-0.1, -0.05) is 0 Å². The van der Waals surface area contributed by atoms with Crippen LogP contribution in [0, 0.1) is 0 Å². The van der Waals surface area contributed by atoms with E-state index in [1.54, 1.807) is 35.0 Å². The van der Waals surface area contributed by atoms with Gasteiger partial charge in [0.2, 0.25) is 5.91 Å². The zero-order valence-electron chi connectivity index (χ0n) is 10.2. The molecule has 2 N–H and O–H groups in total. The summed E-state index contributed by atoms with van der Waals surface area (Å²) in [5.41, 5.74) is 4.18. The number of aromatic nitrogens is 2. The highest BCUT2D eigenvalue weighted by atomic mass is 16.5. The molecule has 0 spiro atoms. The predicted octanol–water partition coefficient (Wildman–Crippen LogP) is -1.01. The molecule has 1 atom stereocenters. The number of morpholine rings is 1. The minimum atomic E-state index is -1.10. The molecule has 2 heterocycles. The van der Waals surface area contributed by atoms with Crippen LogP contribution in [0.2, 0.25) is 0 Å². The zero-order chi connectivity index (χ0) is 13.2. The number of carbonyl (C=O) groups excluding carboxylic acids is 2. The smallest absolute Gasteiger partial charge is 0.251 e. The molecule has 1 aromatic rings. The Hall–Kier alpha value is -1.89. The third-order valence-electron chi connectivity index (χ3n) is 3.00. The maximum Gasteiger partial charge on any atom is 0.251 e. The van der Waals surface area contributed by atoms with Crippen LogP contribution in [0.1, 0.15) is 6.92 Å². The van der Waals surface area contributed by atoms with Crippen molar-refractivity contribution >= 4 is 11.8 Å². The van der Waals surface area contributed by atoms with E-state index in [1.807, 2.05) is 0 Å². The van der Waals surface area contributed by atoms with Crippen LogP contribution in [0.25, 0.3) is 0 Å². The molecular formula is C11H16N4O3. The lowest BCUT2D eigenvalue weighted by Gasteiger charge is -2.38. The maximum atomic E-state index is 12.0. The number of hydrogen-bond donors (Lipinski definition) is 1. The van der Waals surface area contributed by atoms with Crippen molar-refractivity contribution in [3.63, 3.8) is 0 Å². The Balaban J connectivity index is 2.00. The molecule has 0 bridgehead atoms. The van der Waals surface area contributed by atoms with Crippen LogP contribution in [0.5, 0.6) is 0 Å². The van der Waals surface area contributed by atoms with Gasteiger partial charge in [-0.2, -0.15) is 5.10 Å². The summed E-state index contributed by atoms with van der Waals surface area (Å²) < 4.78 is 6.89. The van der Waals surface area contributed by atoms with Crippen molar-refractivity contribution < 1.29 is 14.3 Å². The minimum absolute atomic E-state index is 0.102. The van der Waals surface area contributed by atoms with E-state index in [9.17, 15) is 9.59 Å². The lowest BCUT2D eigenvalue weighted by Crippen LogP contribution is -2.58.